The van der Waals surface area contributed by atoms with Gasteiger partial charge < -0.3 is 19.7 Å². The number of anilines is 2. The Balaban J connectivity index is 2.20. The molecule has 2 rings (SSSR count). The smallest absolute Gasteiger partial charge is 0.255 e. The number of benzene rings is 2. The van der Waals surface area contributed by atoms with E-state index < -0.39 is 0 Å². The molecule has 0 aliphatic rings. The van der Waals surface area contributed by atoms with E-state index in [-0.39, 0.29) is 5.91 Å². The maximum Gasteiger partial charge on any atom is 0.255 e. The number of nitrogens with zero attached hydrogens (tertiary/aromatic N) is 1. The molecule has 0 radical (unpaired) electrons. The summed E-state index contributed by atoms with van der Waals surface area (Å²) < 4.78 is 10.6. The first-order valence-corrected chi connectivity index (χ1v) is 8.81. The van der Waals surface area contributed by atoms with Crippen molar-refractivity contribution >= 4 is 17.3 Å². The number of nitrogens with one attached hydrogen (secondary N) is 1. The zero-order valence-electron chi connectivity index (χ0n) is 16.4. The molecule has 140 valence electrons. The summed E-state index contributed by atoms with van der Waals surface area (Å²) in [6.07, 6.45) is 0. The summed E-state index contributed by atoms with van der Waals surface area (Å²) in [5.41, 5.74) is 3.34. The minimum atomic E-state index is -0.153. The second-order valence-electron chi connectivity index (χ2n) is 6.40. The Labute approximate surface area is 155 Å². The first-order chi connectivity index (χ1) is 12.4. The summed E-state index contributed by atoms with van der Waals surface area (Å²) in [5.74, 6) is 1.07. The van der Waals surface area contributed by atoms with Gasteiger partial charge >= 0.3 is 0 Å². The summed E-state index contributed by atoms with van der Waals surface area (Å²) in [5, 5.41) is 2.95. The molecule has 0 atom stereocenters. The molecule has 1 amide bonds. The Hall–Kier alpha value is -2.69. The maximum absolute atomic E-state index is 12.6. The van der Waals surface area contributed by atoms with Gasteiger partial charge in [0.05, 0.1) is 14.2 Å². The van der Waals surface area contributed by atoms with Gasteiger partial charge in [-0.25, -0.2) is 0 Å². The number of hydrogen-bond donors (Lipinski definition) is 1. The summed E-state index contributed by atoms with van der Waals surface area (Å²) in [6.45, 7) is 9.28. The topological polar surface area (TPSA) is 50.8 Å². The Morgan fingerprint density at radius 3 is 2.15 bits per heavy atom. The molecule has 2 aromatic carbocycles. The van der Waals surface area contributed by atoms with E-state index in [1.165, 1.54) is 0 Å². The van der Waals surface area contributed by atoms with Gasteiger partial charge in [0, 0.05) is 35.6 Å². The van der Waals surface area contributed by atoms with E-state index in [9.17, 15) is 4.79 Å². The molecule has 0 heterocycles. The van der Waals surface area contributed by atoms with Crippen LogP contribution in [0.15, 0.2) is 36.4 Å². The van der Waals surface area contributed by atoms with Crippen molar-refractivity contribution in [2.45, 2.75) is 33.7 Å². The lowest BCUT2D eigenvalue weighted by Gasteiger charge is -2.27. The molecular formula is C21H28N2O3. The molecule has 0 spiro atoms. The molecule has 2 aromatic rings. The summed E-state index contributed by atoms with van der Waals surface area (Å²) >= 11 is 0. The van der Waals surface area contributed by atoms with E-state index in [2.05, 4.69) is 31.0 Å². The highest BCUT2D eigenvalue weighted by Crippen LogP contribution is 2.33. The lowest BCUT2D eigenvalue weighted by molar-refractivity contribution is 0.102. The van der Waals surface area contributed by atoms with Gasteiger partial charge in [-0.1, -0.05) is 0 Å². The van der Waals surface area contributed by atoms with E-state index in [0.717, 1.165) is 17.8 Å². The summed E-state index contributed by atoms with van der Waals surface area (Å²) in [7, 11) is 3.17. The van der Waals surface area contributed by atoms with Crippen LogP contribution in [-0.4, -0.2) is 32.7 Å². The van der Waals surface area contributed by atoms with Crippen molar-refractivity contribution < 1.29 is 14.3 Å². The van der Waals surface area contributed by atoms with Gasteiger partial charge in [0.15, 0.2) is 11.5 Å². The average Bonchev–Trinajstić information content (AvgIpc) is 2.63. The number of carbonyl (C=O) groups is 1. The lowest BCUT2D eigenvalue weighted by Crippen LogP contribution is -2.30. The Morgan fingerprint density at radius 2 is 1.65 bits per heavy atom. The number of aryl methyl sites for hydroxylation is 1. The minimum absolute atomic E-state index is 0.153. The van der Waals surface area contributed by atoms with E-state index in [0.29, 0.717) is 28.8 Å². The number of ether oxygens (including phenoxy) is 2. The van der Waals surface area contributed by atoms with Gasteiger partial charge in [-0.05, 0) is 63.6 Å². The van der Waals surface area contributed by atoms with E-state index in [4.69, 9.17) is 9.47 Å². The van der Waals surface area contributed by atoms with Gasteiger partial charge in [-0.2, -0.15) is 0 Å². The minimum Gasteiger partial charge on any atom is -0.493 e. The Morgan fingerprint density at radius 1 is 1.08 bits per heavy atom. The molecular weight excluding hydrogens is 328 g/mol. The van der Waals surface area contributed by atoms with E-state index >= 15 is 0 Å². The van der Waals surface area contributed by atoms with Crippen molar-refractivity contribution in [1.29, 1.82) is 0 Å². The van der Waals surface area contributed by atoms with Crippen LogP contribution in [0.2, 0.25) is 0 Å². The predicted molar refractivity (Wildman–Crippen MR) is 107 cm³/mol. The van der Waals surface area contributed by atoms with Crippen LogP contribution >= 0.6 is 0 Å². The standard InChI is InChI=1S/C21H28N2O3/c1-7-23(14(2)3)17-10-8-16(9-11-17)21(24)22-18-13-20(26-6)19(25-5)12-15(18)4/h8-14H,7H2,1-6H3,(H,22,24). The van der Waals surface area contributed by atoms with Gasteiger partial charge in [-0.3, -0.25) is 4.79 Å². The van der Waals surface area contributed by atoms with Gasteiger partial charge in [-0.15, -0.1) is 0 Å². The van der Waals surface area contributed by atoms with Crippen LogP contribution in [0, 0.1) is 6.92 Å². The second kappa shape index (κ2) is 8.61. The van der Waals surface area contributed by atoms with Crippen LogP contribution in [0.3, 0.4) is 0 Å². The molecule has 5 nitrogen and oxygen atoms in total. The van der Waals surface area contributed by atoms with Crippen molar-refractivity contribution in [3.05, 3.63) is 47.5 Å². The maximum atomic E-state index is 12.6. The van der Waals surface area contributed by atoms with Gasteiger partial charge in [0.1, 0.15) is 0 Å². The fourth-order valence-corrected chi connectivity index (χ4v) is 2.96. The highest BCUT2D eigenvalue weighted by molar-refractivity contribution is 6.05. The van der Waals surface area contributed by atoms with Crippen molar-refractivity contribution in [3.63, 3.8) is 0 Å². The van der Waals surface area contributed by atoms with Crippen LogP contribution in [0.1, 0.15) is 36.7 Å². The van der Waals surface area contributed by atoms with Crippen molar-refractivity contribution in [1.82, 2.24) is 0 Å². The first kappa shape index (κ1) is 19.6. The molecule has 0 unspecified atom stereocenters. The fourth-order valence-electron chi connectivity index (χ4n) is 2.96. The highest BCUT2D eigenvalue weighted by atomic mass is 16.5. The quantitative estimate of drug-likeness (QED) is 0.794. The van der Waals surface area contributed by atoms with Crippen LogP contribution in [0.5, 0.6) is 11.5 Å². The fraction of sp³-hybridized carbons (Fsp3) is 0.381. The van der Waals surface area contributed by atoms with E-state index in [1.54, 1.807) is 20.3 Å². The molecule has 0 saturated heterocycles. The normalized spacial score (nSPS) is 10.6. The van der Waals surface area contributed by atoms with Crippen LogP contribution in [-0.2, 0) is 0 Å². The predicted octanol–water partition coefficient (Wildman–Crippen LogP) is 4.50. The van der Waals surface area contributed by atoms with Gasteiger partial charge in [0.2, 0.25) is 0 Å². The molecule has 1 N–H and O–H groups in total. The zero-order chi connectivity index (χ0) is 19.3. The molecule has 0 saturated carbocycles. The monoisotopic (exact) mass is 356 g/mol. The molecule has 0 aliphatic carbocycles. The molecule has 5 heteroatoms. The van der Waals surface area contributed by atoms with Crippen molar-refractivity contribution in [2.75, 3.05) is 31.0 Å². The Bertz CT molecular complexity index is 755. The highest BCUT2D eigenvalue weighted by Gasteiger charge is 2.13. The summed E-state index contributed by atoms with van der Waals surface area (Å²) in [6, 6.07) is 11.7. The van der Waals surface area contributed by atoms with Crippen LogP contribution < -0.4 is 19.7 Å². The Kier molecular flexibility index (Phi) is 6.50. The van der Waals surface area contributed by atoms with E-state index in [1.807, 2.05) is 37.3 Å². The first-order valence-electron chi connectivity index (χ1n) is 8.81. The molecule has 0 bridgehead atoms. The number of amides is 1. The van der Waals surface area contributed by atoms with Crippen LogP contribution in [0.25, 0.3) is 0 Å². The van der Waals surface area contributed by atoms with Crippen molar-refractivity contribution in [3.8, 4) is 11.5 Å². The number of carbonyl (C=O) groups excluding carboxylic acids is 1. The number of methoxy groups -OCH3 is 2. The lowest BCUT2D eigenvalue weighted by atomic mass is 10.1. The number of rotatable bonds is 7. The molecule has 0 fully saturated rings. The SMILES string of the molecule is CCN(c1ccc(C(=O)Nc2cc(OC)c(OC)cc2C)cc1)C(C)C. The van der Waals surface area contributed by atoms with Crippen molar-refractivity contribution in [2.24, 2.45) is 0 Å². The molecule has 26 heavy (non-hydrogen) atoms. The third-order valence-electron chi connectivity index (χ3n) is 4.40. The summed E-state index contributed by atoms with van der Waals surface area (Å²) in [4.78, 5) is 14.9. The third-order valence-corrected chi connectivity index (χ3v) is 4.40. The third kappa shape index (κ3) is 4.28. The second-order valence-corrected chi connectivity index (χ2v) is 6.40. The average molecular weight is 356 g/mol. The largest absolute Gasteiger partial charge is 0.493 e. The van der Waals surface area contributed by atoms with Gasteiger partial charge in [0.25, 0.3) is 5.91 Å². The van der Waals surface area contributed by atoms with Crippen LogP contribution in [0.4, 0.5) is 11.4 Å². The molecule has 0 aliphatic heterocycles. The molecule has 0 aromatic heterocycles. The zero-order valence-corrected chi connectivity index (χ0v) is 16.4. The number of hydrogen-bond acceptors (Lipinski definition) is 4.